The van der Waals surface area contributed by atoms with Gasteiger partial charge in [0.05, 0.1) is 12.2 Å². The first-order chi connectivity index (χ1) is 18.0. The number of carbonyl (C=O) groups excluding carboxylic acids is 1. The predicted octanol–water partition coefficient (Wildman–Crippen LogP) is 5.78. The van der Waals surface area contributed by atoms with Crippen LogP contribution >= 0.6 is 0 Å². The number of aromatic nitrogens is 1. The maximum absolute atomic E-state index is 13.4. The van der Waals surface area contributed by atoms with Gasteiger partial charge in [0.1, 0.15) is 6.61 Å². The number of amides is 1. The van der Waals surface area contributed by atoms with E-state index in [0.29, 0.717) is 18.8 Å². The molecule has 1 fully saturated rings. The molecule has 1 heterocycles. The van der Waals surface area contributed by atoms with E-state index in [-0.39, 0.29) is 24.6 Å². The van der Waals surface area contributed by atoms with Crippen molar-refractivity contribution < 1.29 is 14.7 Å². The van der Waals surface area contributed by atoms with Gasteiger partial charge in [-0.15, -0.1) is 0 Å². The standard InChI is InChI=1S/C30H32N4O3/c1-21-14-16-22(17-15-21)18-34-27-13-6-5-12-25(27)26(28(34)29(31)32-36)19-33(24-10-7-11-24)30(35)37-20-23-8-3-2-4-9-23/h2-6,8-9,12-17,24,36H,7,10-11,18-20H2,1H3,(H2,31,32). The van der Waals surface area contributed by atoms with E-state index in [1.165, 1.54) is 5.56 Å². The molecule has 7 heteroatoms. The first kappa shape index (κ1) is 24.4. The quantitative estimate of drug-likeness (QED) is 0.140. The number of ether oxygens (including phenoxy) is 1. The smallest absolute Gasteiger partial charge is 0.410 e. The van der Waals surface area contributed by atoms with Gasteiger partial charge in [0, 0.05) is 29.1 Å². The van der Waals surface area contributed by atoms with Gasteiger partial charge < -0.3 is 25.1 Å². The van der Waals surface area contributed by atoms with Crippen LogP contribution in [0.15, 0.2) is 84.0 Å². The Hall–Kier alpha value is -4.26. The summed E-state index contributed by atoms with van der Waals surface area (Å²) < 4.78 is 7.81. The first-order valence-electron chi connectivity index (χ1n) is 12.7. The lowest BCUT2D eigenvalue weighted by Crippen LogP contribution is -2.44. The number of hydrogen-bond acceptors (Lipinski definition) is 4. The molecule has 190 valence electrons. The number of hydrogen-bond donors (Lipinski definition) is 2. The fraction of sp³-hybridized carbons (Fsp3) is 0.267. The van der Waals surface area contributed by atoms with Crippen molar-refractivity contribution in [2.45, 2.75) is 51.9 Å². The normalized spacial score (nSPS) is 13.9. The molecule has 1 saturated carbocycles. The number of nitrogens with two attached hydrogens (primary N) is 1. The van der Waals surface area contributed by atoms with E-state index in [1.807, 2.05) is 54.6 Å². The number of rotatable bonds is 8. The van der Waals surface area contributed by atoms with Crippen molar-refractivity contribution in [3.63, 3.8) is 0 Å². The third-order valence-corrected chi connectivity index (χ3v) is 7.17. The lowest BCUT2D eigenvalue weighted by atomic mass is 9.91. The van der Waals surface area contributed by atoms with Crippen LogP contribution < -0.4 is 5.73 Å². The Morgan fingerprint density at radius 3 is 2.41 bits per heavy atom. The molecule has 1 aliphatic rings. The van der Waals surface area contributed by atoms with Crippen LogP contribution in [0.4, 0.5) is 4.79 Å². The lowest BCUT2D eigenvalue weighted by molar-refractivity contribution is 0.0586. The second-order valence-electron chi connectivity index (χ2n) is 9.65. The van der Waals surface area contributed by atoms with Gasteiger partial charge in [0.2, 0.25) is 0 Å². The molecular formula is C30H32N4O3. The molecule has 0 spiro atoms. The highest BCUT2D eigenvalue weighted by Crippen LogP contribution is 2.33. The second kappa shape index (κ2) is 10.8. The molecule has 5 rings (SSSR count). The second-order valence-corrected chi connectivity index (χ2v) is 9.65. The summed E-state index contributed by atoms with van der Waals surface area (Å²) in [7, 11) is 0. The summed E-state index contributed by atoms with van der Waals surface area (Å²) in [5, 5.41) is 14.1. The maximum Gasteiger partial charge on any atom is 0.410 e. The van der Waals surface area contributed by atoms with Crippen LogP contribution in [0.1, 0.15) is 47.2 Å². The number of para-hydroxylation sites is 1. The van der Waals surface area contributed by atoms with Crippen LogP contribution in [0.25, 0.3) is 10.9 Å². The van der Waals surface area contributed by atoms with Gasteiger partial charge in [-0.05, 0) is 43.4 Å². The molecule has 37 heavy (non-hydrogen) atoms. The Labute approximate surface area is 216 Å². The molecule has 1 amide bonds. The minimum atomic E-state index is -0.352. The fourth-order valence-corrected chi connectivity index (χ4v) is 4.93. The summed E-state index contributed by atoms with van der Waals surface area (Å²) in [4.78, 5) is 15.2. The average Bonchev–Trinajstić information content (AvgIpc) is 3.20. The number of carbonyl (C=O) groups is 1. The van der Waals surface area contributed by atoms with Gasteiger partial charge in [0.25, 0.3) is 0 Å². The van der Waals surface area contributed by atoms with E-state index in [2.05, 4.69) is 40.9 Å². The summed E-state index contributed by atoms with van der Waals surface area (Å²) >= 11 is 0. The third kappa shape index (κ3) is 5.16. The van der Waals surface area contributed by atoms with Gasteiger partial charge in [-0.1, -0.05) is 83.5 Å². The van der Waals surface area contributed by atoms with Gasteiger partial charge in [-0.3, -0.25) is 0 Å². The predicted molar refractivity (Wildman–Crippen MR) is 145 cm³/mol. The highest BCUT2D eigenvalue weighted by Gasteiger charge is 2.32. The van der Waals surface area contributed by atoms with Crippen LogP contribution in [0, 0.1) is 6.92 Å². The SMILES string of the molecule is Cc1ccc(Cn2c(C(N)=NO)c(CN(C(=O)OCc3ccccc3)C3CCC3)c3ccccc32)cc1. The molecule has 0 bridgehead atoms. The Morgan fingerprint density at radius 2 is 1.73 bits per heavy atom. The summed E-state index contributed by atoms with van der Waals surface area (Å²) in [6.07, 6.45) is 2.59. The van der Waals surface area contributed by atoms with Crippen LogP contribution in [0.3, 0.4) is 0 Å². The van der Waals surface area contributed by atoms with Gasteiger partial charge in [-0.2, -0.15) is 0 Å². The zero-order valence-electron chi connectivity index (χ0n) is 21.0. The zero-order valence-corrected chi connectivity index (χ0v) is 21.0. The van der Waals surface area contributed by atoms with E-state index in [9.17, 15) is 10.0 Å². The molecule has 1 aromatic heterocycles. The Kier molecular flexibility index (Phi) is 7.12. The zero-order chi connectivity index (χ0) is 25.8. The van der Waals surface area contributed by atoms with Crippen molar-refractivity contribution in [1.82, 2.24) is 9.47 Å². The van der Waals surface area contributed by atoms with Crippen molar-refractivity contribution in [2.24, 2.45) is 10.9 Å². The van der Waals surface area contributed by atoms with Gasteiger partial charge in [0.15, 0.2) is 5.84 Å². The Bertz CT molecular complexity index is 1410. The highest BCUT2D eigenvalue weighted by atomic mass is 16.6. The first-order valence-corrected chi connectivity index (χ1v) is 12.7. The minimum Gasteiger partial charge on any atom is -0.445 e. The molecular weight excluding hydrogens is 464 g/mol. The van der Waals surface area contributed by atoms with Crippen LogP contribution in [0.2, 0.25) is 0 Å². The van der Waals surface area contributed by atoms with Gasteiger partial charge >= 0.3 is 6.09 Å². The minimum absolute atomic E-state index is 0.0181. The molecule has 0 atom stereocenters. The van der Waals surface area contributed by atoms with Crippen molar-refractivity contribution in [1.29, 1.82) is 0 Å². The molecule has 1 aliphatic carbocycles. The van der Waals surface area contributed by atoms with E-state index in [1.54, 1.807) is 4.90 Å². The van der Waals surface area contributed by atoms with Gasteiger partial charge in [-0.25, -0.2) is 4.79 Å². The van der Waals surface area contributed by atoms with Crippen molar-refractivity contribution in [3.8, 4) is 0 Å². The van der Waals surface area contributed by atoms with Crippen LogP contribution in [-0.2, 0) is 24.4 Å². The molecule has 3 N–H and O–H groups in total. The lowest BCUT2D eigenvalue weighted by Gasteiger charge is -2.37. The number of oxime groups is 1. The Morgan fingerprint density at radius 1 is 1.03 bits per heavy atom. The van der Waals surface area contributed by atoms with E-state index in [4.69, 9.17) is 10.5 Å². The maximum atomic E-state index is 13.4. The molecule has 7 nitrogen and oxygen atoms in total. The summed E-state index contributed by atoms with van der Waals surface area (Å²) in [5.74, 6) is 0.0181. The number of amidine groups is 1. The number of benzene rings is 3. The summed E-state index contributed by atoms with van der Waals surface area (Å²) in [5.41, 5.74) is 11.9. The van der Waals surface area contributed by atoms with Crippen LogP contribution in [0.5, 0.6) is 0 Å². The molecule has 4 aromatic rings. The number of nitrogens with zero attached hydrogens (tertiary/aromatic N) is 3. The summed E-state index contributed by atoms with van der Waals surface area (Å²) in [6.45, 7) is 3.13. The monoisotopic (exact) mass is 496 g/mol. The molecule has 3 aromatic carbocycles. The topological polar surface area (TPSA) is 93.1 Å². The average molecular weight is 497 g/mol. The largest absolute Gasteiger partial charge is 0.445 e. The van der Waals surface area contributed by atoms with E-state index in [0.717, 1.165) is 46.9 Å². The van der Waals surface area contributed by atoms with Crippen LogP contribution in [-0.4, -0.2) is 32.6 Å². The summed E-state index contributed by atoms with van der Waals surface area (Å²) in [6, 6.07) is 26.1. The molecule has 0 radical (unpaired) electrons. The molecule has 0 unspecified atom stereocenters. The van der Waals surface area contributed by atoms with E-state index < -0.39 is 0 Å². The molecule has 0 saturated heterocycles. The Balaban J connectivity index is 1.52. The van der Waals surface area contributed by atoms with Crippen molar-refractivity contribution >= 4 is 22.8 Å². The third-order valence-electron chi connectivity index (χ3n) is 7.17. The highest BCUT2D eigenvalue weighted by molar-refractivity contribution is 6.03. The fourth-order valence-electron chi connectivity index (χ4n) is 4.93. The van der Waals surface area contributed by atoms with E-state index >= 15 is 0 Å². The number of aryl methyl sites for hydroxylation is 1. The van der Waals surface area contributed by atoms with Crippen molar-refractivity contribution in [3.05, 3.63) is 107 Å². The van der Waals surface area contributed by atoms with Crippen molar-refractivity contribution in [2.75, 3.05) is 0 Å². The molecule has 0 aliphatic heterocycles. The number of fused-ring (bicyclic) bond motifs is 1.